The summed E-state index contributed by atoms with van der Waals surface area (Å²) in [5, 5.41) is 8.32. The summed E-state index contributed by atoms with van der Waals surface area (Å²) in [6.45, 7) is 1.75. The van der Waals surface area contributed by atoms with Crippen LogP contribution in [0.1, 0.15) is 18.5 Å². The molecule has 0 saturated carbocycles. The average Bonchev–Trinajstić information content (AvgIpc) is 2.92. The third-order valence-electron chi connectivity index (χ3n) is 3.92. The molecule has 0 radical (unpaired) electrons. The average molecular weight is 345 g/mol. The SMILES string of the molecule is CC(NC(=O)Cn1ncc2ccn(C)c2c1=O)c1ccc(Cl)cc1. The van der Waals surface area contributed by atoms with Gasteiger partial charge < -0.3 is 9.88 Å². The molecule has 7 heteroatoms. The van der Waals surface area contributed by atoms with Crippen molar-refractivity contribution < 1.29 is 4.79 Å². The molecule has 6 nitrogen and oxygen atoms in total. The van der Waals surface area contributed by atoms with Crippen LogP contribution in [0.25, 0.3) is 10.9 Å². The van der Waals surface area contributed by atoms with Crippen molar-refractivity contribution in [1.82, 2.24) is 19.7 Å². The number of rotatable bonds is 4. The monoisotopic (exact) mass is 344 g/mol. The Hall–Kier alpha value is -2.60. The summed E-state index contributed by atoms with van der Waals surface area (Å²) in [5.74, 6) is -0.277. The molecule has 3 aromatic rings. The maximum Gasteiger partial charge on any atom is 0.291 e. The van der Waals surface area contributed by atoms with Gasteiger partial charge in [0.25, 0.3) is 5.56 Å². The van der Waals surface area contributed by atoms with E-state index in [2.05, 4.69) is 10.4 Å². The summed E-state index contributed by atoms with van der Waals surface area (Å²) < 4.78 is 2.90. The van der Waals surface area contributed by atoms with Crippen LogP contribution in [0.2, 0.25) is 5.02 Å². The molecule has 2 heterocycles. The van der Waals surface area contributed by atoms with Crippen molar-refractivity contribution in [3.05, 3.63) is 63.7 Å². The number of hydrogen-bond acceptors (Lipinski definition) is 3. The second-order valence-corrected chi connectivity index (χ2v) is 6.12. The molecule has 2 aromatic heterocycles. The Balaban J connectivity index is 1.75. The summed E-state index contributed by atoms with van der Waals surface area (Å²) in [6.07, 6.45) is 3.38. The molecule has 1 atom stereocenters. The minimum Gasteiger partial charge on any atom is -0.348 e. The van der Waals surface area contributed by atoms with E-state index in [0.29, 0.717) is 10.5 Å². The summed E-state index contributed by atoms with van der Waals surface area (Å²) in [4.78, 5) is 24.7. The lowest BCUT2D eigenvalue weighted by molar-refractivity contribution is -0.122. The summed E-state index contributed by atoms with van der Waals surface area (Å²) >= 11 is 5.86. The molecular formula is C17H17ClN4O2. The molecule has 0 spiro atoms. The van der Waals surface area contributed by atoms with Gasteiger partial charge in [0.2, 0.25) is 5.91 Å². The van der Waals surface area contributed by atoms with Gasteiger partial charge in [0.05, 0.1) is 12.2 Å². The van der Waals surface area contributed by atoms with Crippen LogP contribution in [-0.4, -0.2) is 20.3 Å². The molecule has 1 N–H and O–H groups in total. The molecule has 0 aliphatic carbocycles. The lowest BCUT2D eigenvalue weighted by atomic mass is 10.1. The number of halogens is 1. The van der Waals surface area contributed by atoms with Crippen LogP contribution in [0.15, 0.2) is 47.5 Å². The maximum atomic E-state index is 12.4. The van der Waals surface area contributed by atoms with Crippen LogP contribution in [0.4, 0.5) is 0 Å². The number of fused-ring (bicyclic) bond motifs is 1. The van der Waals surface area contributed by atoms with E-state index in [1.165, 1.54) is 4.68 Å². The molecule has 0 bridgehead atoms. The molecule has 0 saturated heterocycles. The highest BCUT2D eigenvalue weighted by Gasteiger charge is 2.13. The molecule has 0 aliphatic heterocycles. The predicted molar refractivity (Wildman–Crippen MR) is 93.0 cm³/mol. The minimum absolute atomic E-state index is 0.127. The normalized spacial score (nSPS) is 12.3. The largest absolute Gasteiger partial charge is 0.348 e. The first-order chi connectivity index (χ1) is 11.5. The van der Waals surface area contributed by atoms with Crippen LogP contribution >= 0.6 is 11.6 Å². The molecule has 124 valence electrons. The predicted octanol–water partition coefficient (Wildman–Crippen LogP) is 2.27. The third-order valence-corrected chi connectivity index (χ3v) is 4.17. The van der Waals surface area contributed by atoms with E-state index in [-0.39, 0.29) is 24.1 Å². The Bertz CT molecular complexity index is 943. The van der Waals surface area contributed by atoms with Gasteiger partial charge in [-0.3, -0.25) is 9.59 Å². The van der Waals surface area contributed by atoms with Crippen molar-refractivity contribution in [3.63, 3.8) is 0 Å². The standard InChI is InChI=1S/C17H17ClN4O2/c1-11(12-3-5-14(18)6-4-12)20-15(23)10-22-17(24)16-13(9-19-22)7-8-21(16)2/h3-9,11H,10H2,1-2H3,(H,20,23). The highest BCUT2D eigenvalue weighted by atomic mass is 35.5. The first kappa shape index (κ1) is 16.3. The van der Waals surface area contributed by atoms with Crippen LogP contribution in [0, 0.1) is 0 Å². The molecular weight excluding hydrogens is 328 g/mol. The van der Waals surface area contributed by atoms with Crippen molar-refractivity contribution in [2.24, 2.45) is 7.05 Å². The van der Waals surface area contributed by atoms with E-state index in [4.69, 9.17) is 11.6 Å². The van der Waals surface area contributed by atoms with Gasteiger partial charge in [-0.2, -0.15) is 5.10 Å². The molecule has 0 fully saturated rings. The lowest BCUT2D eigenvalue weighted by Gasteiger charge is -2.14. The van der Waals surface area contributed by atoms with Gasteiger partial charge in [-0.25, -0.2) is 4.68 Å². The van der Waals surface area contributed by atoms with Gasteiger partial charge in [-0.15, -0.1) is 0 Å². The second-order valence-electron chi connectivity index (χ2n) is 5.68. The quantitative estimate of drug-likeness (QED) is 0.789. The van der Waals surface area contributed by atoms with Gasteiger partial charge in [0.15, 0.2) is 0 Å². The van der Waals surface area contributed by atoms with E-state index in [1.807, 2.05) is 25.1 Å². The molecule has 1 unspecified atom stereocenters. The van der Waals surface area contributed by atoms with Crippen LogP contribution < -0.4 is 10.9 Å². The number of carbonyl (C=O) groups is 1. The third kappa shape index (κ3) is 3.19. The summed E-state index contributed by atoms with van der Waals surface area (Å²) in [6, 6.07) is 8.88. The lowest BCUT2D eigenvalue weighted by Crippen LogP contribution is -2.35. The highest BCUT2D eigenvalue weighted by Crippen LogP contribution is 2.16. The maximum absolute atomic E-state index is 12.4. The van der Waals surface area contributed by atoms with E-state index in [0.717, 1.165) is 10.9 Å². The van der Waals surface area contributed by atoms with Crippen molar-refractivity contribution in [2.45, 2.75) is 19.5 Å². The summed E-state index contributed by atoms with van der Waals surface area (Å²) in [7, 11) is 1.79. The van der Waals surface area contributed by atoms with Gasteiger partial charge in [-0.05, 0) is 30.7 Å². The van der Waals surface area contributed by atoms with Crippen molar-refractivity contribution in [2.75, 3.05) is 0 Å². The zero-order valence-electron chi connectivity index (χ0n) is 13.4. The van der Waals surface area contributed by atoms with Gasteiger partial charge in [0, 0.05) is 23.7 Å². The number of carbonyl (C=O) groups excluding carboxylic acids is 1. The minimum atomic E-state index is -0.283. The second kappa shape index (κ2) is 6.49. The number of hydrogen-bond donors (Lipinski definition) is 1. The first-order valence-electron chi connectivity index (χ1n) is 7.51. The number of benzene rings is 1. The van der Waals surface area contributed by atoms with Crippen molar-refractivity contribution in [3.8, 4) is 0 Å². The van der Waals surface area contributed by atoms with Crippen molar-refractivity contribution >= 4 is 28.4 Å². The van der Waals surface area contributed by atoms with E-state index >= 15 is 0 Å². The van der Waals surface area contributed by atoms with Crippen LogP contribution in [-0.2, 0) is 18.4 Å². The number of aromatic nitrogens is 3. The zero-order chi connectivity index (χ0) is 17.3. The Morgan fingerprint density at radius 1 is 1.29 bits per heavy atom. The van der Waals surface area contributed by atoms with Crippen LogP contribution in [0.5, 0.6) is 0 Å². The topological polar surface area (TPSA) is 68.9 Å². The number of amides is 1. The fourth-order valence-corrected chi connectivity index (χ4v) is 2.73. The van der Waals surface area contributed by atoms with Crippen molar-refractivity contribution in [1.29, 1.82) is 0 Å². The Labute approximate surface area is 143 Å². The molecule has 1 amide bonds. The zero-order valence-corrected chi connectivity index (χ0v) is 14.1. The number of nitrogens with zero attached hydrogens (tertiary/aromatic N) is 3. The fraction of sp³-hybridized carbons (Fsp3) is 0.235. The van der Waals surface area contributed by atoms with E-state index in [9.17, 15) is 9.59 Å². The smallest absolute Gasteiger partial charge is 0.291 e. The fourth-order valence-electron chi connectivity index (χ4n) is 2.60. The van der Waals surface area contributed by atoms with Crippen LogP contribution in [0.3, 0.4) is 0 Å². The number of nitrogens with one attached hydrogen (secondary N) is 1. The van der Waals surface area contributed by atoms with E-state index in [1.54, 1.807) is 36.1 Å². The molecule has 1 aromatic carbocycles. The molecule has 0 aliphatic rings. The molecule has 3 rings (SSSR count). The van der Waals surface area contributed by atoms with Gasteiger partial charge >= 0.3 is 0 Å². The first-order valence-corrected chi connectivity index (χ1v) is 7.89. The Morgan fingerprint density at radius 3 is 2.71 bits per heavy atom. The Morgan fingerprint density at radius 2 is 2.00 bits per heavy atom. The summed E-state index contributed by atoms with van der Waals surface area (Å²) in [5.41, 5.74) is 1.18. The highest BCUT2D eigenvalue weighted by molar-refractivity contribution is 6.30. The van der Waals surface area contributed by atoms with E-state index < -0.39 is 0 Å². The van der Waals surface area contributed by atoms with Gasteiger partial charge in [0.1, 0.15) is 12.1 Å². The molecule has 24 heavy (non-hydrogen) atoms. The number of aryl methyl sites for hydroxylation is 1. The Kier molecular flexibility index (Phi) is 4.40. The van der Waals surface area contributed by atoms with Gasteiger partial charge in [-0.1, -0.05) is 23.7 Å².